The van der Waals surface area contributed by atoms with Crippen molar-refractivity contribution < 1.29 is 22.7 Å². The number of nitrogens with one attached hydrogen (secondary N) is 1. The molecule has 0 atom stereocenters. The van der Waals surface area contributed by atoms with Gasteiger partial charge in [0.1, 0.15) is 5.82 Å². The molecule has 116 valence electrons. The molecule has 1 saturated carbocycles. The Hall–Kier alpha value is -1.18. The molecule has 1 aliphatic rings. The Morgan fingerprint density at radius 3 is 2.43 bits per heavy atom. The topological polar surface area (TPSA) is 83.5 Å². The predicted molar refractivity (Wildman–Crippen MR) is 75.1 cm³/mol. The van der Waals surface area contributed by atoms with Crippen LogP contribution in [-0.2, 0) is 14.8 Å². The first kappa shape index (κ1) is 16.2. The minimum atomic E-state index is -3.79. The van der Waals surface area contributed by atoms with Crippen LogP contribution < -0.4 is 4.72 Å². The van der Waals surface area contributed by atoms with Crippen LogP contribution in [-0.4, -0.2) is 25.5 Å². The number of rotatable bonds is 4. The van der Waals surface area contributed by atoms with Crippen molar-refractivity contribution in [3.05, 3.63) is 29.0 Å². The lowest BCUT2D eigenvalue weighted by Gasteiger charge is -2.26. The maximum absolute atomic E-state index is 13.1. The van der Waals surface area contributed by atoms with Gasteiger partial charge in [-0.3, -0.25) is 4.79 Å². The van der Waals surface area contributed by atoms with Crippen LogP contribution in [0, 0.1) is 11.7 Å². The van der Waals surface area contributed by atoms with Gasteiger partial charge >= 0.3 is 5.97 Å². The summed E-state index contributed by atoms with van der Waals surface area (Å²) >= 11 is 5.58. The van der Waals surface area contributed by atoms with Gasteiger partial charge in [-0.25, -0.2) is 17.5 Å². The third-order valence-corrected chi connectivity index (χ3v) is 5.41. The Morgan fingerprint density at radius 1 is 1.29 bits per heavy atom. The highest BCUT2D eigenvalue weighted by Gasteiger charge is 2.29. The van der Waals surface area contributed by atoms with Crippen LogP contribution in [0.1, 0.15) is 25.7 Å². The highest BCUT2D eigenvalue weighted by molar-refractivity contribution is 7.89. The van der Waals surface area contributed by atoms with Gasteiger partial charge in [-0.2, -0.15) is 0 Å². The van der Waals surface area contributed by atoms with Crippen LogP contribution in [0.3, 0.4) is 0 Å². The maximum atomic E-state index is 13.1. The van der Waals surface area contributed by atoms with Gasteiger partial charge < -0.3 is 5.11 Å². The average molecular weight is 336 g/mol. The normalized spacial score (nSPS) is 23.0. The third kappa shape index (κ3) is 3.93. The minimum absolute atomic E-state index is 0.103. The van der Waals surface area contributed by atoms with E-state index in [4.69, 9.17) is 16.7 Å². The van der Waals surface area contributed by atoms with Crippen molar-refractivity contribution in [1.82, 2.24) is 4.72 Å². The molecule has 0 aliphatic heterocycles. The highest BCUT2D eigenvalue weighted by atomic mass is 35.5. The summed E-state index contributed by atoms with van der Waals surface area (Å²) in [6.45, 7) is 0. The molecule has 0 aromatic heterocycles. The number of benzene rings is 1. The number of sulfonamides is 1. The zero-order valence-corrected chi connectivity index (χ0v) is 12.6. The molecule has 1 aromatic carbocycles. The van der Waals surface area contributed by atoms with E-state index in [9.17, 15) is 17.6 Å². The third-order valence-electron chi connectivity index (χ3n) is 3.60. The van der Waals surface area contributed by atoms with E-state index in [-0.39, 0.29) is 16.0 Å². The zero-order chi connectivity index (χ0) is 15.6. The lowest BCUT2D eigenvalue weighted by molar-refractivity contribution is -0.142. The van der Waals surface area contributed by atoms with Crippen LogP contribution in [0.4, 0.5) is 4.39 Å². The number of hydrogen-bond donors (Lipinski definition) is 2. The van der Waals surface area contributed by atoms with Crippen molar-refractivity contribution in [3.63, 3.8) is 0 Å². The molecular formula is C13H15ClFNO4S. The van der Waals surface area contributed by atoms with Crippen molar-refractivity contribution in [1.29, 1.82) is 0 Å². The monoisotopic (exact) mass is 335 g/mol. The largest absolute Gasteiger partial charge is 0.481 e. The summed E-state index contributed by atoms with van der Waals surface area (Å²) in [5, 5.41) is 8.65. The van der Waals surface area contributed by atoms with Crippen molar-refractivity contribution >= 4 is 27.6 Å². The van der Waals surface area contributed by atoms with E-state index < -0.39 is 27.7 Å². The van der Waals surface area contributed by atoms with Crippen molar-refractivity contribution in [2.24, 2.45) is 5.92 Å². The standard InChI is InChI=1S/C13H15ClFNO4S/c14-11-7-10(5-6-12(11)15)21(19,20)16-9-3-1-8(2-4-9)13(17)18/h5-9,16H,1-4H2,(H,17,18). The van der Waals surface area contributed by atoms with E-state index in [1.807, 2.05) is 0 Å². The maximum Gasteiger partial charge on any atom is 0.306 e. The average Bonchev–Trinajstić information content (AvgIpc) is 2.42. The van der Waals surface area contributed by atoms with Crippen LogP contribution >= 0.6 is 11.6 Å². The Labute approximate surface area is 127 Å². The van der Waals surface area contributed by atoms with Crippen molar-refractivity contribution in [2.75, 3.05) is 0 Å². The predicted octanol–water partition coefficient (Wildman–Crippen LogP) is 2.40. The summed E-state index contributed by atoms with van der Waals surface area (Å²) in [5.41, 5.74) is 0. The number of carboxylic acid groups (broad SMARTS) is 1. The second-order valence-corrected chi connectivity index (χ2v) is 7.21. The van der Waals surface area contributed by atoms with Crippen LogP contribution in [0.25, 0.3) is 0 Å². The highest BCUT2D eigenvalue weighted by Crippen LogP contribution is 2.26. The molecule has 1 aromatic rings. The molecule has 5 nitrogen and oxygen atoms in total. The molecule has 0 bridgehead atoms. The van der Waals surface area contributed by atoms with Gasteiger partial charge in [0.15, 0.2) is 0 Å². The van der Waals surface area contributed by atoms with Gasteiger partial charge in [0.05, 0.1) is 15.8 Å². The van der Waals surface area contributed by atoms with E-state index in [1.54, 1.807) is 0 Å². The summed E-state index contributed by atoms with van der Waals surface area (Å²) in [7, 11) is -3.79. The molecular weight excluding hydrogens is 321 g/mol. The first-order chi connectivity index (χ1) is 9.79. The molecule has 8 heteroatoms. The van der Waals surface area contributed by atoms with Gasteiger partial charge in [-0.15, -0.1) is 0 Å². The van der Waals surface area contributed by atoms with E-state index in [0.717, 1.165) is 18.2 Å². The first-order valence-electron chi connectivity index (χ1n) is 6.50. The van der Waals surface area contributed by atoms with E-state index in [2.05, 4.69) is 4.72 Å². The van der Waals surface area contributed by atoms with Gasteiger partial charge in [0.2, 0.25) is 10.0 Å². The fraction of sp³-hybridized carbons (Fsp3) is 0.462. The molecule has 2 N–H and O–H groups in total. The summed E-state index contributed by atoms with van der Waals surface area (Å²) < 4.78 is 39.9. The summed E-state index contributed by atoms with van der Waals surface area (Å²) in [6.07, 6.45) is 1.80. The smallest absolute Gasteiger partial charge is 0.306 e. The molecule has 0 saturated heterocycles. The first-order valence-corrected chi connectivity index (χ1v) is 8.36. The lowest BCUT2D eigenvalue weighted by atomic mass is 9.87. The van der Waals surface area contributed by atoms with Crippen molar-refractivity contribution in [2.45, 2.75) is 36.6 Å². The number of hydrogen-bond acceptors (Lipinski definition) is 3. The van der Waals surface area contributed by atoms with E-state index in [0.29, 0.717) is 25.7 Å². The van der Waals surface area contributed by atoms with E-state index >= 15 is 0 Å². The summed E-state index contributed by atoms with van der Waals surface area (Å²) in [5.74, 6) is -1.94. The zero-order valence-electron chi connectivity index (χ0n) is 11.1. The SMILES string of the molecule is O=C(O)C1CCC(NS(=O)(=O)c2ccc(F)c(Cl)c2)CC1. The second-order valence-electron chi connectivity index (χ2n) is 5.08. The van der Waals surface area contributed by atoms with Crippen molar-refractivity contribution in [3.8, 4) is 0 Å². The molecule has 0 spiro atoms. The molecule has 1 fully saturated rings. The molecule has 2 rings (SSSR count). The Kier molecular flexibility index (Phi) is 4.85. The fourth-order valence-electron chi connectivity index (χ4n) is 2.39. The minimum Gasteiger partial charge on any atom is -0.481 e. The van der Waals surface area contributed by atoms with Gasteiger partial charge in [0, 0.05) is 6.04 Å². The van der Waals surface area contributed by atoms with E-state index in [1.165, 1.54) is 0 Å². The molecule has 0 amide bonds. The van der Waals surface area contributed by atoms with Gasteiger partial charge in [0.25, 0.3) is 0 Å². The molecule has 0 heterocycles. The molecule has 1 aliphatic carbocycles. The Balaban J connectivity index is 2.05. The second kappa shape index (κ2) is 6.29. The quantitative estimate of drug-likeness (QED) is 0.885. The fourth-order valence-corrected chi connectivity index (χ4v) is 3.97. The summed E-state index contributed by atoms with van der Waals surface area (Å²) in [4.78, 5) is 10.7. The molecule has 0 unspecified atom stereocenters. The number of carbonyl (C=O) groups is 1. The lowest BCUT2D eigenvalue weighted by Crippen LogP contribution is -2.38. The van der Waals surface area contributed by atoms with Crippen LogP contribution in [0.15, 0.2) is 23.1 Å². The van der Waals surface area contributed by atoms with Crippen LogP contribution in [0.5, 0.6) is 0 Å². The number of carboxylic acids is 1. The Morgan fingerprint density at radius 2 is 1.90 bits per heavy atom. The summed E-state index contributed by atoms with van der Waals surface area (Å²) in [6, 6.07) is 2.89. The molecule has 0 radical (unpaired) electrons. The van der Waals surface area contributed by atoms with Gasteiger partial charge in [-0.1, -0.05) is 11.6 Å². The van der Waals surface area contributed by atoms with Crippen LogP contribution in [0.2, 0.25) is 5.02 Å². The number of halogens is 2. The molecule has 21 heavy (non-hydrogen) atoms. The van der Waals surface area contributed by atoms with Gasteiger partial charge in [-0.05, 0) is 43.9 Å². The Bertz CT molecular complexity index is 642. The number of aliphatic carboxylic acids is 1.